The van der Waals surface area contributed by atoms with E-state index in [1.54, 1.807) is 7.05 Å². The summed E-state index contributed by atoms with van der Waals surface area (Å²) in [4.78, 5) is 49.3. The largest absolute Gasteiger partial charge is 0.371 e. The Hall–Kier alpha value is -3.23. The smallest absolute Gasteiger partial charge is 0.346 e. The molecule has 2 fully saturated rings. The third kappa shape index (κ3) is 3.79. The van der Waals surface area contributed by atoms with Crippen LogP contribution in [-0.2, 0) is 21.4 Å². The number of aldehydes is 1. The second kappa shape index (κ2) is 8.25. The Morgan fingerprint density at radius 3 is 2.63 bits per heavy atom. The van der Waals surface area contributed by atoms with Crippen molar-refractivity contribution in [3.8, 4) is 11.4 Å². The zero-order chi connectivity index (χ0) is 21.3. The monoisotopic (exact) mass is 411 g/mol. The van der Waals surface area contributed by atoms with E-state index in [9.17, 15) is 19.2 Å². The van der Waals surface area contributed by atoms with Crippen LogP contribution in [0.4, 0.5) is 5.69 Å². The molecule has 2 saturated heterocycles. The molecule has 158 valence electrons. The second-order valence-corrected chi connectivity index (χ2v) is 7.96. The van der Waals surface area contributed by atoms with Crippen LogP contribution >= 0.6 is 0 Å². The van der Waals surface area contributed by atoms with E-state index >= 15 is 0 Å². The van der Waals surface area contributed by atoms with Crippen LogP contribution in [0.1, 0.15) is 38.1 Å². The van der Waals surface area contributed by atoms with Gasteiger partial charge in [0.1, 0.15) is 12.3 Å². The number of carbonyl (C=O) groups is 3. The van der Waals surface area contributed by atoms with Crippen molar-refractivity contribution < 1.29 is 14.4 Å². The van der Waals surface area contributed by atoms with Gasteiger partial charge in [0.2, 0.25) is 5.91 Å². The molecule has 9 heteroatoms. The Labute approximate surface area is 173 Å². The molecule has 0 aliphatic carbocycles. The Morgan fingerprint density at radius 2 is 1.93 bits per heavy atom. The average molecular weight is 411 g/mol. The predicted molar refractivity (Wildman–Crippen MR) is 110 cm³/mol. The van der Waals surface area contributed by atoms with E-state index in [-0.39, 0.29) is 24.4 Å². The molecule has 30 heavy (non-hydrogen) atoms. The summed E-state index contributed by atoms with van der Waals surface area (Å²) in [6.45, 7) is 1.76. The first-order valence-corrected chi connectivity index (χ1v) is 10.3. The second-order valence-electron chi connectivity index (χ2n) is 7.96. The van der Waals surface area contributed by atoms with Gasteiger partial charge in [-0.1, -0.05) is 12.1 Å². The number of rotatable bonds is 5. The summed E-state index contributed by atoms with van der Waals surface area (Å²) in [5.41, 5.74) is 1.44. The molecule has 1 aromatic heterocycles. The molecule has 2 amide bonds. The lowest BCUT2D eigenvalue weighted by molar-refractivity contribution is -0.136. The Morgan fingerprint density at radius 1 is 1.17 bits per heavy atom. The molecule has 1 unspecified atom stereocenters. The molecule has 1 atom stereocenters. The van der Waals surface area contributed by atoms with Crippen molar-refractivity contribution in [3.63, 3.8) is 0 Å². The first kappa shape index (κ1) is 20.1. The number of carbonyl (C=O) groups excluding carboxylic acids is 3. The summed E-state index contributed by atoms with van der Waals surface area (Å²) in [7, 11) is 1.63. The highest BCUT2D eigenvalue weighted by Crippen LogP contribution is 2.28. The summed E-state index contributed by atoms with van der Waals surface area (Å²) in [6, 6.07) is 7.06. The lowest BCUT2D eigenvalue weighted by Crippen LogP contribution is -2.44. The van der Waals surface area contributed by atoms with Gasteiger partial charge in [-0.3, -0.25) is 19.5 Å². The molecule has 9 nitrogen and oxygen atoms in total. The van der Waals surface area contributed by atoms with Crippen molar-refractivity contribution in [2.24, 2.45) is 13.0 Å². The van der Waals surface area contributed by atoms with Gasteiger partial charge in [0, 0.05) is 44.2 Å². The molecule has 0 radical (unpaired) electrons. The third-order valence-corrected chi connectivity index (χ3v) is 6.02. The summed E-state index contributed by atoms with van der Waals surface area (Å²) in [6.07, 6.45) is 4.02. The minimum atomic E-state index is -0.782. The van der Waals surface area contributed by atoms with Crippen LogP contribution in [0.5, 0.6) is 0 Å². The zero-order valence-corrected chi connectivity index (χ0v) is 16.9. The van der Waals surface area contributed by atoms with Crippen molar-refractivity contribution in [1.82, 2.24) is 19.7 Å². The van der Waals surface area contributed by atoms with E-state index in [0.29, 0.717) is 18.2 Å². The minimum absolute atomic E-state index is 0.185. The van der Waals surface area contributed by atoms with Gasteiger partial charge >= 0.3 is 5.69 Å². The predicted octanol–water partition coefficient (Wildman–Crippen LogP) is 1.03. The molecular formula is C21H25N5O4. The van der Waals surface area contributed by atoms with Gasteiger partial charge < -0.3 is 9.69 Å². The molecule has 2 aromatic rings. The third-order valence-electron chi connectivity index (χ3n) is 6.02. The van der Waals surface area contributed by atoms with Gasteiger partial charge in [-0.05, 0) is 37.3 Å². The van der Waals surface area contributed by atoms with Crippen molar-refractivity contribution in [2.45, 2.75) is 38.1 Å². The number of hydrogen-bond acceptors (Lipinski definition) is 6. The van der Waals surface area contributed by atoms with Crippen LogP contribution in [0.15, 0.2) is 29.1 Å². The van der Waals surface area contributed by atoms with Gasteiger partial charge in [-0.2, -0.15) is 0 Å². The molecule has 4 rings (SSSR count). The maximum Gasteiger partial charge on any atom is 0.346 e. The fourth-order valence-electron chi connectivity index (χ4n) is 4.23. The molecule has 0 spiro atoms. The number of anilines is 1. The summed E-state index contributed by atoms with van der Waals surface area (Å²) >= 11 is 0. The highest BCUT2D eigenvalue weighted by molar-refractivity contribution is 5.99. The molecule has 2 aliphatic rings. The highest BCUT2D eigenvalue weighted by atomic mass is 16.2. The van der Waals surface area contributed by atoms with Gasteiger partial charge in [-0.25, -0.2) is 9.48 Å². The number of benzene rings is 1. The molecule has 2 aliphatic heterocycles. The van der Waals surface area contributed by atoms with Crippen molar-refractivity contribution in [2.75, 3.05) is 18.0 Å². The first-order chi connectivity index (χ1) is 14.5. The lowest BCUT2D eigenvalue weighted by atomic mass is 9.94. The number of hydrogen-bond donors (Lipinski definition) is 1. The number of amides is 2. The first-order valence-electron chi connectivity index (χ1n) is 10.3. The van der Waals surface area contributed by atoms with Crippen LogP contribution in [0.25, 0.3) is 11.4 Å². The number of nitrogens with zero attached hydrogens (tertiary/aromatic N) is 4. The Kier molecular flexibility index (Phi) is 5.52. The normalized spacial score (nSPS) is 20.3. The quantitative estimate of drug-likeness (QED) is 0.582. The van der Waals surface area contributed by atoms with Crippen molar-refractivity contribution in [3.05, 3.63) is 34.7 Å². The molecule has 1 N–H and O–H groups in total. The summed E-state index contributed by atoms with van der Waals surface area (Å²) < 4.78 is 2.60. The summed E-state index contributed by atoms with van der Waals surface area (Å²) in [5, 5.41) is 6.71. The standard InChI is InChI=1S/C21H25N5O4/c1-24-19(23-26(21(24)30)17-5-6-18(28)22-20(17)29)15-3-2-4-16(13-15)25-10-7-14(8-11-25)9-12-27/h2-4,12-14,17H,5-11H2,1H3,(H,22,28,29). The maximum absolute atomic E-state index is 12.7. The number of nitrogens with one attached hydrogen (secondary N) is 1. The van der Waals surface area contributed by atoms with Crippen LogP contribution < -0.4 is 15.9 Å². The zero-order valence-electron chi connectivity index (χ0n) is 16.9. The fraction of sp³-hybridized carbons (Fsp3) is 0.476. The lowest BCUT2D eigenvalue weighted by Gasteiger charge is -2.33. The topological polar surface area (TPSA) is 106 Å². The van der Waals surface area contributed by atoms with E-state index in [4.69, 9.17) is 0 Å². The number of piperidine rings is 2. The van der Waals surface area contributed by atoms with E-state index in [1.807, 2.05) is 24.3 Å². The molecule has 0 bridgehead atoms. The SMILES string of the molecule is Cn1c(-c2cccc(N3CCC(CC=O)CC3)c2)nn(C2CCC(=O)NC2=O)c1=O. The maximum atomic E-state index is 12.7. The van der Waals surface area contributed by atoms with Crippen LogP contribution in [0, 0.1) is 5.92 Å². The van der Waals surface area contributed by atoms with Gasteiger partial charge in [0.25, 0.3) is 5.91 Å². The Bertz CT molecular complexity index is 1030. The number of aromatic nitrogens is 3. The highest BCUT2D eigenvalue weighted by Gasteiger charge is 2.31. The van der Waals surface area contributed by atoms with Crippen LogP contribution in [0.2, 0.25) is 0 Å². The van der Waals surface area contributed by atoms with Gasteiger partial charge in [-0.15, -0.1) is 5.10 Å². The molecule has 3 heterocycles. The Balaban J connectivity index is 1.59. The van der Waals surface area contributed by atoms with Gasteiger partial charge in [0.05, 0.1) is 0 Å². The molecular weight excluding hydrogens is 386 g/mol. The van der Waals surface area contributed by atoms with Gasteiger partial charge in [0.15, 0.2) is 5.82 Å². The fourth-order valence-corrected chi connectivity index (χ4v) is 4.23. The van der Waals surface area contributed by atoms with Crippen molar-refractivity contribution in [1.29, 1.82) is 0 Å². The number of imide groups is 1. The van der Waals surface area contributed by atoms with E-state index in [0.717, 1.165) is 43.5 Å². The van der Waals surface area contributed by atoms with E-state index in [2.05, 4.69) is 15.3 Å². The van der Waals surface area contributed by atoms with Crippen LogP contribution in [-0.4, -0.2) is 45.5 Å². The molecule has 0 saturated carbocycles. The van der Waals surface area contributed by atoms with E-state index in [1.165, 1.54) is 9.25 Å². The minimum Gasteiger partial charge on any atom is -0.371 e. The summed E-state index contributed by atoms with van der Waals surface area (Å²) in [5.74, 6) is 0.101. The van der Waals surface area contributed by atoms with E-state index < -0.39 is 11.9 Å². The molecule has 1 aromatic carbocycles. The van der Waals surface area contributed by atoms with Crippen LogP contribution in [0.3, 0.4) is 0 Å². The average Bonchev–Trinajstić information content (AvgIpc) is 3.04. The van der Waals surface area contributed by atoms with Crippen molar-refractivity contribution >= 4 is 23.8 Å².